The molecule has 2 aromatic carbocycles. The normalized spacial score (nSPS) is 18.9. The van der Waals surface area contributed by atoms with Crippen LogP contribution in [0.4, 0.5) is 13.2 Å². The van der Waals surface area contributed by atoms with E-state index in [9.17, 15) is 13.2 Å². The molecule has 3 N–H and O–H groups in total. The Morgan fingerprint density at radius 2 is 1.83 bits per heavy atom. The van der Waals surface area contributed by atoms with Gasteiger partial charge in [-0.3, -0.25) is 0 Å². The topological polar surface area (TPSA) is 78.1 Å². The summed E-state index contributed by atoms with van der Waals surface area (Å²) in [6.45, 7) is 0.324. The van der Waals surface area contributed by atoms with Crippen molar-refractivity contribution in [2.24, 2.45) is 10.7 Å². The third-order valence-electron chi connectivity index (χ3n) is 4.55. The average Bonchev–Trinajstić information content (AvgIpc) is 3.44. The minimum atomic E-state index is -4.73. The van der Waals surface area contributed by atoms with Crippen molar-refractivity contribution in [3.63, 3.8) is 0 Å². The maximum Gasteiger partial charge on any atom is 0.573 e. The fraction of sp³-hybridized carbons (Fsp3) is 0.350. The van der Waals surface area contributed by atoms with Gasteiger partial charge in [-0.1, -0.05) is 24.3 Å². The highest BCUT2D eigenvalue weighted by molar-refractivity contribution is 5.78. The molecule has 0 radical (unpaired) electrons. The number of nitrogens with one attached hydrogen (secondary N) is 1. The lowest BCUT2D eigenvalue weighted by Gasteiger charge is -2.13. The summed E-state index contributed by atoms with van der Waals surface area (Å²) >= 11 is 0. The minimum absolute atomic E-state index is 0.0952. The average molecular weight is 409 g/mol. The zero-order chi connectivity index (χ0) is 21.0. The Morgan fingerprint density at radius 1 is 1.10 bits per heavy atom. The Labute approximate surface area is 166 Å². The highest BCUT2D eigenvalue weighted by Gasteiger charge is 2.42. The zero-order valence-electron chi connectivity index (χ0n) is 16.0. The number of guanidine groups is 1. The first-order valence-corrected chi connectivity index (χ1v) is 8.92. The van der Waals surface area contributed by atoms with E-state index in [-0.39, 0.29) is 23.7 Å². The summed E-state index contributed by atoms with van der Waals surface area (Å²) in [5, 5.41) is 3.05. The number of halogens is 3. The maximum atomic E-state index is 12.6. The lowest BCUT2D eigenvalue weighted by molar-refractivity contribution is -0.274. The van der Waals surface area contributed by atoms with Crippen molar-refractivity contribution >= 4 is 5.96 Å². The lowest BCUT2D eigenvalue weighted by atomic mass is 10.1. The van der Waals surface area contributed by atoms with E-state index in [4.69, 9.17) is 15.2 Å². The fourth-order valence-corrected chi connectivity index (χ4v) is 3.09. The molecule has 6 nitrogen and oxygen atoms in total. The van der Waals surface area contributed by atoms with Gasteiger partial charge < -0.3 is 25.3 Å². The van der Waals surface area contributed by atoms with Gasteiger partial charge in [0.1, 0.15) is 5.75 Å². The number of rotatable bonds is 7. The highest BCUT2D eigenvalue weighted by atomic mass is 19.4. The van der Waals surface area contributed by atoms with Crippen LogP contribution >= 0.6 is 0 Å². The molecular weight excluding hydrogens is 387 g/mol. The number of alkyl halides is 3. The molecule has 0 heterocycles. The molecule has 0 bridgehead atoms. The molecule has 0 saturated heterocycles. The van der Waals surface area contributed by atoms with Crippen LogP contribution in [0.3, 0.4) is 0 Å². The Balaban J connectivity index is 1.60. The van der Waals surface area contributed by atoms with Crippen molar-refractivity contribution in [2.75, 3.05) is 14.2 Å². The van der Waals surface area contributed by atoms with Gasteiger partial charge in [0.2, 0.25) is 0 Å². The van der Waals surface area contributed by atoms with Gasteiger partial charge in [-0.25, -0.2) is 4.99 Å². The van der Waals surface area contributed by atoms with Crippen LogP contribution in [0.1, 0.15) is 23.5 Å². The first kappa shape index (κ1) is 20.6. The number of nitrogens with zero attached hydrogens (tertiary/aromatic N) is 1. The van der Waals surface area contributed by atoms with E-state index in [0.29, 0.717) is 30.0 Å². The summed E-state index contributed by atoms with van der Waals surface area (Å²) in [6, 6.07) is 11.5. The molecule has 156 valence electrons. The molecule has 1 aliphatic rings. The lowest BCUT2D eigenvalue weighted by Crippen LogP contribution is -2.34. The maximum absolute atomic E-state index is 12.6. The van der Waals surface area contributed by atoms with Crippen LogP contribution in [-0.4, -0.2) is 32.6 Å². The summed E-state index contributed by atoms with van der Waals surface area (Å²) in [4.78, 5) is 4.29. The van der Waals surface area contributed by atoms with Gasteiger partial charge in [0, 0.05) is 12.0 Å². The Hall–Kier alpha value is -3.10. The van der Waals surface area contributed by atoms with Gasteiger partial charge >= 0.3 is 6.36 Å². The number of ether oxygens (including phenoxy) is 3. The van der Waals surface area contributed by atoms with Gasteiger partial charge in [0.15, 0.2) is 17.5 Å². The van der Waals surface area contributed by atoms with Crippen LogP contribution in [0, 0.1) is 0 Å². The van der Waals surface area contributed by atoms with Gasteiger partial charge in [-0.2, -0.15) is 0 Å². The number of hydrogen-bond donors (Lipinski definition) is 2. The third kappa shape index (κ3) is 5.46. The summed E-state index contributed by atoms with van der Waals surface area (Å²) in [6.07, 6.45) is -4.08. The van der Waals surface area contributed by atoms with E-state index in [2.05, 4.69) is 15.0 Å². The van der Waals surface area contributed by atoms with Crippen molar-refractivity contribution in [3.05, 3.63) is 53.6 Å². The van der Waals surface area contributed by atoms with Crippen molar-refractivity contribution < 1.29 is 27.4 Å². The van der Waals surface area contributed by atoms with Crippen molar-refractivity contribution in [3.8, 4) is 17.2 Å². The van der Waals surface area contributed by atoms with Crippen molar-refractivity contribution in [2.45, 2.75) is 31.3 Å². The summed E-state index contributed by atoms with van der Waals surface area (Å²) in [5.41, 5.74) is 7.31. The molecule has 0 spiro atoms. The van der Waals surface area contributed by atoms with Gasteiger partial charge in [0.05, 0.1) is 20.8 Å². The zero-order valence-corrected chi connectivity index (χ0v) is 16.0. The Kier molecular flexibility index (Phi) is 6.05. The van der Waals surface area contributed by atoms with Crippen LogP contribution in [0.2, 0.25) is 0 Å². The molecule has 1 aliphatic carbocycles. The van der Waals surface area contributed by atoms with Crippen LogP contribution < -0.4 is 25.3 Å². The molecule has 9 heteroatoms. The second-order valence-electron chi connectivity index (χ2n) is 6.57. The predicted molar refractivity (Wildman–Crippen MR) is 102 cm³/mol. The number of para-hydroxylation sites is 1. The summed E-state index contributed by atoms with van der Waals surface area (Å²) in [5.74, 6) is 1.13. The van der Waals surface area contributed by atoms with E-state index >= 15 is 0 Å². The van der Waals surface area contributed by atoms with Gasteiger partial charge in [-0.05, 0) is 35.7 Å². The number of benzene rings is 2. The predicted octanol–water partition coefficient (Wildman–Crippen LogP) is 3.56. The largest absolute Gasteiger partial charge is 0.573 e. The molecular formula is C20H22F3N3O3. The van der Waals surface area contributed by atoms with E-state index in [1.807, 2.05) is 6.07 Å². The van der Waals surface area contributed by atoms with Crippen molar-refractivity contribution in [1.29, 1.82) is 0 Å². The van der Waals surface area contributed by atoms with E-state index in [1.54, 1.807) is 38.5 Å². The van der Waals surface area contributed by atoms with Gasteiger partial charge in [0.25, 0.3) is 0 Å². The first-order chi connectivity index (χ1) is 13.8. The van der Waals surface area contributed by atoms with Gasteiger partial charge in [-0.15, -0.1) is 13.2 Å². The highest BCUT2D eigenvalue weighted by Crippen LogP contribution is 2.45. The molecule has 3 rings (SSSR count). The molecule has 2 aromatic rings. The standard InChI is InChI=1S/C20H22F3N3O3/c1-27-17-8-7-12(9-18(17)28-2)11-25-19(24)26-15-10-14(15)13-5-3-4-6-16(13)29-20(21,22)23/h3-9,14-15H,10-11H2,1-2H3,(H3,24,25,26). The number of methoxy groups -OCH3 is 2. The summed E-state index contributed by atoms with van der Waals surface area (Å²) < 4.78 is 52.3. The molecule has 2 atom stereocenters. The van der Waals surface area contributed by atoms with E-state index in [0.717, 1.165) is 5.56 Å². The number of aliphatic imine (C=N–C) groups is 1. The quantitative estimate of drug-likeness (QED) is 0.540. The van der Waals surface area contributed by atoms with E-state index in [1.165, 1.54) is 12.1 Å². The Bertz CT molecular complexity index is 887. The molecule has 1 saturated carbocycles. The Morgan fingerprint density at radius 3 is 2.52 bits per heavy atom. The molecule has 1 fully saturated rings. The van der Waals surface area contributed by atoms with Crippen LogP contribution in [-0.2, 0) is 6.54 Å². The number of nitrogens with two attached hydrogens (primary N) is 1. The fourth-order valence-electron chi connectivity index (χ4n) is 3.09. The molecule has 0 aromatic heterocycles. The SMILES string of the molecule is COc1ccc(CN=C(N)NC2CC2c2ccccc2OC(F)(F)F)cc1OC. The monoisotopic (exact) mass is 409 g/mol. The molecule has 2 unspecified atom stereocenters. The van der Waals surface area contributed by atoms with E-state index < -0.39 is 6.36 Å². The second-order valence-corrected chi connectivity index (χ2v) is 6.57. The van der Waals surface area contributed by atoms with Crippen molar-refractivity contribution in [1.82, 2.24) is 5.32 Å². The molecule has 0 amide bonds. The smallest absolute Gasteiger partial charge is 0.493 e. The van der Waals surface area contributed by atoms with Crippen LogP contribution in [0.5, 0.6) is 17.2 Å². The van der Waals surface area contributed by atoms with Crippen LogP contribution in [0.15, 0.2) is 47.5 Å². The molecule has 29 heavy (non-hydrogen) atoms. The van der Waals surface area contributed by atoms with Crippen LogP contribution in [0.25, 0.3) is 0 Å². The molecule has 0 aliphatic heterocycles. The second kappa shape index (κ2) is 8.50. The first-order valence-electron chi connectivity index (χ1n) is 8.92. The third-order valence-corrected chi connectivity index (χ3v) is 4.55. The summed E-state index contributed by atoms with van der Waals surface area (Å²) in [7, 11) is 3.11. The number of hydrogen-bond acceptors (Lipinski definition) is 4. The minimum Gasteiger partial charge on any atom is -0.493 e.